The molecule has 0 aliphatic carbocycles. The van der Waals surface area contributed by atoms with Gasteiger partial charge in [-0.15, -0.1) is 0 Å². The number of ether oxygens (including phenoxy) is 1. The van der Waals surface area contributed by atoms with Crippen LogP contribution in [0.4, 0.5) is 0 Å². The van der Waals surface area contributed by atoms with Crippen LogP contribution in [0.2, 0.25) is 0 Å². The predicted octanol–water partition coefficient (Wildman–Crippen LogP) is 2.36. The topological polar surface area (TPSA) is 91.2 Å². The third-order valence-corrected chi connectivity index (χ3v) is 3.44. The highest BCUT2D eigenvalue weighted by Gasteiger charge is 2.09. The number of phenolic OH excluding ortho intramolecular Hbond substituents is 1. The van der Waals surface area contributed by atoms with Crippen LogP contribution in [-0.2, 0) is 4.79 Å². The minimum Gasteiger partial charge on any atom is -0.504 e. The number of carbonyl (C=O) groups excluding carboxylic acids is 1. The number of hydrogen-bond donors (Lipinski definition) is 3. The first-order valence-electron chi connectivity index (χ1n) is 7.52. The van der Waals surface area contributed by atoms with Crippen LogP contribution in [0.1, 0.15) is 30.1 Å². The Morgan fingerprint density at radius 3 is 2.75 bits per heavy atom. The standard InChI is InChI=1S/C18H20N2O4/c1-24-17-11-13(7-8-16(17)22)12-19-20-18(23)10-9-15(21)14-5-3-2-4-6-14/h2-8,11-12,15,21-22H,9-10H2,1H3,(H,20,23)/b19-12-/t15-/m1/s1. The molecule has 2 aromatic carbocycles. The molecule has 0 bridgehead atoms. The van der Waals surface area contributed by atoms with Gasteiger partial charge in [-0.25, -0.2) is 5.43 Å². The molecule has 0 saturated carbocycles. The number of nitrogens with zero attached hydrogens (tertiary/aromatic N) is 1. The normalized spacial score (nSPS) is 12.1. The molecule has 0 saturated heterocycles. The molecule has 0 heterocycles. The van der Waals surface area contributed by atoms with Crippen molar-refractivity contribution in [2.75, 3.05) is 7.11 Å². The lowest BCUT2D eigenvalue weighted by molar-refractivity contribution is -0.121. The molecule has 24 heavy (non-hydrogen) atoms. The van der Waals surface area contributed by atoms with Crippen molar-refractivity contribution in [2.24, 2.45) is 5.10 Å². The number of hydrazone groups is 1. The van der Waals surface area contributed by atoms with Crippen LogP contribution in [0, 0.1) is 0 Å². The highest BCUT2D eigenvalue weighted by molar-refractivity contribution is 5.83. The molecule has 6 nitrogen and oxygen atoms in total. The molecule has 0 aromatic heterocycles. The van der Waals surface area contributed by atoms with Crippen LogP contribution >= 0.6 is 0 Å². The molecule has 0 fully saturated rings. The summed E-state index contributed by atoms with van der Waals surface area (Å²) >= 11 is 0. The molecule has 1 atom stereocenters. The van der Waals surface area contributed by atoms with E-state index in [0.717, 1.165) is 5.56 Å². The van der Waals surface area contributed by atoms with E-state index in [9.17, 15) is 15.0 Å². The molecular weight excluding hydrogens is 308 g/mol. The van der Waals surface area contributed by atoms with E-state index < -0.39 is 6.10 Å². The lowest BCUT2D eigenvalue weighted by Crippen LogP contribution is -2.18. The quantitative estimate of drug-likeness (QED) is 0.537. The first-order valence-corrected chi connectivity index (χ1v) is 7.52. The van der Waals surface area contributed by atoms with Crippen molar-refractivity contribution in [3.8, 4) is 11.5 Å². The van der Waals surface area contributed by atoms with E-state index in [1.54, 1.807) is 12.1 Å². The molecule has 0 unspecified atom stereocenters. The number of aliphatic hydroxyl groups is 1. The van der Waals surface area contributed by atoms with Crippen LogP contribution in [0.15, 0.2) is 53.6 Å². The minimum absolute atomic E-state index is 0.0357. The zero-order chi connectivity index (χ0) is 17.4. The van der Waals surface area contributed by atoms with Gasteiger partial charge in [0.05, 0.1) is 19.4 Å². The summed E-state index contributed by atoms with van der Waals surface area (Å²) in [6, 6.07) is 13.9. The number of hydrogen-bond acceptors (Lipinski definition) is 5. The van der Waals surface area contributed by atoms with Crippen LogP contribution in [0.5, 0.6) is 11.5 Å². The molecule has 0 radical (unpaired) electrons. The summed E-state index contributed by atoms with van der Waals surface area (Å²) in [6.07, 6.45) is 1.25. The Hall–Kier alpha value is -2.86. The average molecular weight is 328 g/mol. The van der Waals surface area contributed by atoms with E-state index >= 15 is 0 Å². The van der Waals surface area contributed by atoms with Crippen LogP contribution < -0.4 is 10.2 Å². The number of carbonyl (C=O) groups is 1. The van der Waals surface area contributed by atoms with Crippen molar-refractivity contribution in [2.45, 2.75) is 18.9 Å². The molecule has 0 aliphatic heterocycles. The Balaban J connectivity index is 1.80. The molecule has 126 valence electrons. The summed E-state index contributed by atoms with van der Waals surface area (Å²) in [7, 11) is 1.45. The van der Waals surface area contributed by atoms with E-state index in [1.807, 2.05) is 30.3 Å². The zero-order valence-electron chi connectivity index (χ0n) is 13.3. The second-order valence-corrected chi connectivity index (χ2v) is 5.19. The number of phenols is 1. The van der Waals surface area contributed by atoms with Gasteiger partial charge in [-0.2, -0.15) is 5.10 Å². The Morgan fingerprint density at radius 2 is 2.04 bits per heavy atom. The van der Waals surface area contributed by atoms with Gasteiger partial charge in [-0.3, -0.25) is 4.79 Å². The average Bonchev–Trinajstić information content (AvgIpc) is 2.61. The molecule has 0 spiro atoms. The van der Waals surface area contributed by atoms with Crippen molar-refractivity contribution in [3.63, 3.8) is 0 Å². The van der Waals surface area contributed by atoms with Gasteiger partial charge in [0.2, 0.25) is 5.91 Å². The van der Waals surface area contributed by atoms with Gasteiger partial charge in [-0.1, -0.05) is 30.3 Å². The van der Waals surface area contributed by atoms with Gasteiger partial charge in [0, 0.05) is 6.42 Å². The summed E-state index contributed by atoms with van der Waals surface area (Å²) in [5, 5.41) is 23.4. The Bertz CT molecular complexity index is 701. The lowest BCUT2D eigenvalue weighted by Gasteiger charge is -2.09. The maximum atomic E-state index is 11.7. The van der Waals surface area contributed by atoms with Crippen molar-refractivity contribution in [1.29, 1.82) is 0 Å². The summed E-state index contributed by atoms with van der Waals surface area (Å²) < 4.78 is 4.99. The second-order valence-electron chi connectivity index (χ2n) is 5.19. The Labute approximate surface area is 140 Å². The van der Waals surface area contributed by atoms with Gasteiger partial charge >= 0.3 is 0 Å². The van der Waals surface area contributed by atoms with Crippen LogP contribution in [-0.4, -0.2) is 29.4 Å². The fourth-order valence-corrected chi connectivity index (χ4v) is 2.12. The van der Waals surface area contributed by atoms with Gasteiger partial charge in [0.15, 0.2) is 11.5 Å². The fraction of sp³-hybridized carbons (Fsp3) is 0.222. The lowest BCUT2D eigenvalue weighted by atomic mass is 10.1. The number of amides is 1. The number of nitrogens with one attached hydrogen (secondary N) is 1. The van der Waals surface area contributed by atoms with E-state index in [1.165, 1.54) is 19.4 Å². The van der Waals surface area contributed by atoms with Crippen molar-refractivity contribution >= 4 is 12.1 Å². The van der Waals surface area contributed by atoms with Gasteiger partial charge in [0.1, 0.15) is 0 Å². The number of aliphatic hydroxyl groups excluding tert-OH is 1. The molecule has 0 aliphatic rings. The smallest absolute Gasteiger partial charge is 0.240 e. The summed E-state index contributed by atoms with van der Waals surface area (Å²) in [4.78, 5) is 11.7. The van der Waals surface area contributed by atoms with E-state index in [-0.39, 0.29) is 18.1 Å². The predicted molar refractivity (Wildman–Crippen MR) is 91.0 cm³/mol. The maximum Gasteiger partial charge on any atom is 0.240 e. The molecular formula is C18H20N2O4. The molecule has 3 N–H and O–H groups in total. The zero-order valence-corrected chi connectivity index (χ0v) is 13.3. The van der Waals surface area contributed by atoms with E-state index in [4.69, 9.17) is 4.74 Å². The Kier molecular flexibility index (Phi) is 6.33. The molecule has 6 heteroatoms. The second kappa shape index (κ2) is 8.69. The van der Waals surface area contributed by atoms with Gasteiger partial charge in [-0.05, 0) is 35.7 Å². The van der Waals surface area contributed by atoms with E-state index in [0.29, 0.717) is 17.7 Å². The SMILES string of the molecule is COc1cc(/C=N\NC(=O)CC[C@@H](O)c2ccccc2)ccc1O. The largest absolute Gasteiger partial charge is 0.504 e. The van der Waals surface area contributed by atoms with Crippen LogP contribution in [0.3, 0.4) is 0 Å². The third kappa shape index (κ3) is 5.10. The third-order valence-electron chi connectivity index (χ3n) is 3.44. The van der Waals surface area contributed by atoms with Crippen molar-refractivity contribution in [1.82, 2.24) is 5.43 Å². The molecule has 2 aromatic rings. The van der Waals surface area contributed by atoms with Gasteiger partial charge in [0.25, 0.3) is 0 Å². The molecule has 1 amide bonds. The number of methoxy groups -OCH3 is 1. The number of benzene rings is 2. The van der Waals surface area contributed by atoms with Crippen molar-refractivity contribution < 1.29 is 19.7 Å². The van der Waals surface area contributed by atoms with Crippen LogP contribution in [0.25, 0.3) is 0 Å². The Morgan fingerprint density at radius 1 is 1.29 bits per heavy atom. The van der Waals surface area contributed by atoms with Crippen molar-refractivity contribution in [3.05, 3.63) is 59.7 Å². The molecule has 2 rings (SSSR count). The number of aromatic hydroxyl groups is 1. The minimum atomic E-state index is -0.678. The monoisotopic (exact) mass is 328 g/mol. The highest BCUT2D eigenvalue weighted by Crippen LogP contribution is 2.25. The fourth-order valence-electron chi connectivity index (χ4n) is 2.12. The summed E-state index contributed by atoms with van der Waals surface area (Å²) in [5.41, 5.74) is 3.86. The first-order chi connectivity index (χ1) is 11.6. The van der Waals surface area contributed by atoms with Gasteiger partial charge < -0.3 is 14.9 Å². The summed E-state index contributed by atoms with van der Waals surface area (Å²) in [5.74, 6) is 0.0804. The highest BCUT2D eigenvalue weighted by atomic mass is 16.5. The summed E-state index contributed by atoms with van der Waals surface area (Å²) in [6.45, 7) is 0. The number of rotatable bonds is 7. The maximum absolute atomic E-state index is 11.7. The first kappa shape index (κ1) is 17.5. The van der Waals surface area contributed by atoms with E-state index in [2.05, 4.69) is 10.5 Å².